The smallest absolute Gasteiger partial charge is 0.254 e. The average Bonchev–Trinajstić information content (AvgIpc) is 2.85. The summed E-state index contributed by atoms with van der Waals surface area (Å²) in [6, 6.07) is 1.99. The van der Waals surface area contributed by atoms with Gasteiger partial charge in [-0.3, -0.25) is 4.79 Å². The highest BCUT2D eigenvalue weighted by Crippen LogP contribution is 2.26. The van der Waals surface area contributed by atoms with E-state index in [0.29, 0.717) is 5.92 Å². The van der Waals surface area contributed by atoms with E-state index in [9.17, 15) is 4.79 Å². The largest absolute Gasteiger partial charge is 0.396 e. The molecule has 0 saturated carbocycles. The molecule has 1 N–H and O–H groups in total. The fourth-order valence-electron chi connectivity index (χ4n) is 2.45. The zero-order chi connectivity index (χ0) is 12.4. The second-order valence-corrected chi connectivity index (χ2v) is 6.21. The summed E-state index contributed by atoms with van der Waals surface area (Å²) in [5, 5.41) is 8.91. The Bertz CT molecular complexity index is 414. The van der Waals surface area contributed by atoms with Crippen molar-refractivity contribution in [2.75, 3.05) is 19.7 Å². The maximum absolute atomic E-state index is 12.3. The first-order valence-electron chi connectivity index (χ1n) is 6.09. The molecule has 1 saturated heterocycles. The monoisotopic (exact) mass is 253 g/mol. The van der Waals surface area contributed by atoms with E-state index in [1.165, 1.54) is 4.88 Å². The van der Waals surface area contributed by atoms with Gasteiger partial charge in [-0.1, -0.05) is 0 Å². The molecule has 4 heteroatoms. The minimum Gasteiger partial charge on any atom is -0.396 e. The van der Waals surface area contributed by atoms with Gasteiger partial charge in [0.1, 0.15) is 0 Å². The highest BCUT2D eigenvalue weighted by molar-refractivity contribution is 7.12. The average molecular weight is 253 g/mol. The maximum Gasteiger partial charge on any atom is 0.254 e. The van der Waals surface area contributed by atoms with Crippen molar-refractivity contribution < 1.29 is 9.90 Å². The van der Waals surface area contributed by atoms with Crippen molar-refractivity contribution in [1.82, 2.24) is 4.90 Å². The minimum atomic E-state index is 0.160. The van der Waals surface area contributed by atoms with Crippen molar-refractivity contribution >= 4 is 17.2 Å². The van der Waals surface area contributed by atoms with Crippen molar-refractivity contribution in [2.45, 2.75) is 26.7 Å². The number of hydrogen-bond acceptors (Lipinski definition) is 3. The van der Waals surface area contributed by atoms with Crippen molar-refractivity contribution in [2.24, 2.45) is 5.92 Å². The highest BCUT2D eigenvalue weighted by atomic mass is 32.1. The normalized spacial score (nSPS) is 19.9. The van der Waals surface area contributed by atoms with Gasteiger partial charge in [-0.05, 0) is 38.7 Å². The molecule has 0 aromatic carbocycles. The Balaban J connectivity index is 2.04. The summed E-state index contributed by atoms with van der Waals surface area (Å²) < 4.78 is 0. The molecule has 1 atom stereocenters. The highest BCUT2D eigenvalue weighted by Gasteiger charge is 2.27. The third-order valence-electron chi connectivity index (χ3n) is 3.38. The lowest BCUT2D eigenvalue weighted by Crippen LogP contribution is -2.28. The van der Waals surface area contributed by atoms with Crippen LogP contribution in [-0.2, 0) is 0 Å². The Kier molecular flexibility index (Phi) is 3.84. The standard InChI is InChI=1S/C13H19NO2S/c1-9-7-12(10(2)17-9)13(16)14-5-3-11(8-14)4-6-15/h7,11,15H,3-6,8H2,1-2H3. The van der Waals surface area contributed by atoms with Crippen LogP contribution in [0.15, 0.2) is 6.07 Å². The summed E-state index contributed by atoms with van der Waals surface area (Å²) >= 11 is 1.68. The predicted molar refractivity (Wildman–Crippen MR) is 69.5 cm³/mol. The quantitative estimate of drug-likeness (QED) is 0.897. The molecule has 0 bridgehead atoms. The molecule has 17 heavy (non-hydrogen) atoms. The van der Waals surface area contributed by atoms with E-state index in [-0.39, 0.29) is 12.5 Å². The number of rotatable bonds is 3. The van der Waals surface area contributed by atoms with Gasteiger partial charge in [0.2, 0.25) is 0 Å². The van der Waals surface area contributed by atoms with Gasteiger partial charge in [0, 0.05) is 29.5 Å². The molecule has 0 radical (unpaired) electrons. The van der Waals surface area contributed by atoms with Crippen LogP contribution in [-0.4, -0.2) is 35.6 Å². The number of carbonyl (C=O) groups is 1. The second-order valence-electron chi connectivity index (χ2n) is 4.75. The maximum atomic E-state index is 12.3. The fraction of sp³-hybridized carbons (Fsp3) is 0.615. The van der Waals surface area contributed by atoms with E-state index >= 15 is 0 Å². The Morgan fingerprint density at radius 2 is 2.35 bits per heavy atom. The minimum absolute atomic E-state index is 0.160. The molecule has 1 aliphatic heterocycles. The van der Waals surface area contributed by atoms with Crippen molar-refractivity contribution in [3.8, 4) is 0 Å². The van der Waals surface area contributed by atoms with Crippen LogP contribution in [0.5, 0.6) is 0 Å². The van der Waals surface area contributed by atoms with Crippen LogP contribution in [0.2, 0.25) is 0 Å². The fourth-order valence-corrected chi connectivity index (χ4v) is 3.36. The van der Waals surface area contributed by atoms with Crippen LogP contribution in [0.4, 0.5) is 0 Å². The first kappa shape index (κ1) is 12.6. The van der Waals surface area contributed by atoms with Crippen LogP contribution < -0.4 is 0 Å². The van der Waals surface area contributed by atoms with E-state index < -0.39 is 0 Å². The number of nitrogens with zero attached hydrogens (tertiary/aromatic N) is 1. The Morgan fingerprint density at radius 1 is 1.59 bits per heavy atom. The first-order valence-corrected chi connectivity index (χ1v) is 6.90. The zero-order valence-electron chi connectivity index (χ0n) is 10.4. The number of aliphatic hydroxyl groups is 1. The molecule has 94 valence electrons. The van der Waals surface area contributed by atoms with Crippen molar-refractivity contribution in [3.05, 3.63) is 21.4 Å². The number of likely N-dealkylation sites (tertiary alicyclic amines) is 1. The number of carbonyl (C=O) groups excluding carboxylic acids is 1. The van der Waals surface area contributed by atoms with Crippen LogP contribution in [0.1, 0.15) is 33.0 Å². The second kappa shape index (κ2) is 5.19. The third kappa shape index (κ3) is 2.69. The van der Waals surface area contributed by atoms with E-state index in [0.717, 1.165) is 36.4 Å². The topological polar surface area (TPSA) is 40.5 Å². The van der Waals surface area contributed by atoms with E-state index in [1.807, 2.05) is 24.8 Å². The van der Waals surface area contributed by atoms with Crippen LogP contribution in [0, 0.1) is 19.8 Å². The lowest BCUT2D eigenvalue weighted by Gasteiger charge is -2.16. The summed E-state index contributed by atoms with van der Waals surface area (Å²) in [7, 11) is 0. The number of thiophene rings is 1. The molecule has 2 heterocycles. The van der Waals surface area contributed by atoms with E-state index in [4.69, 9.17) is 5.11 Å². The molecule has 3 nitrogen and oxygen atoms in total. The van der Waals surface area contributed by atoms with Crippen LogP contribution >= 0.6 is 11.3 Å². The van der Waals surface area contributed by atoms with Crippen molar-refractivity contribution in [3.63, 3.8) is 0 Å². The molecule has 1 unspecified atom stereocenters. The Morgan fingerprint density at radius 3 is 2.94 bits per heavy atom. The molecular formula is C13H19NO2S. The van der Waals surface area contributed by atoms with E-state index in [1.54, 1.807) is 11.3 Å². The zero-order valence-corrected chi connectivity index (χ0v) is 11.2. The molecule has 1 aromatic heterocycles. The van der Waals surface area contributed by atoms with Crippen molar-refractivity contribution in [1.29, 1.82) is 0 Å². The summed E-state index contributed by atoms with van der Waals surface area (Å²) in [5.74, 6) is 0.635. The first-order chi connectivity index (χ1) is 8.11. The van der Waals surface area contributed by atoms with E-state index in [2.05, 4.69) is 0 Å². The Labute approximate surface area is 106 Å². The number of hydrogen-bond donors (Lipinski definition) is 1. The molecule has 1 fully saturated rings. The molecule has 1 amide bonds. The molecule has 1 aromatic rings. The summed E-state index contributed by atoms with van der Waals surface area (Å²) in [5.41, 5.74) is 0.858. The molecule has 2 rings (SSSR count). The molecule has 1 aliphatic rings. The van der Waals surface area contributed by atoms with Gasteiger partial charge < -0.3 is 10.0 Å². The summed E-state index contributed by atoms with van der Waals surface area (Å²) in [6.07, 6.45) is 1.83. The molecular weight excluding hydrogens is 234 g/mol. The van der Waals surface area contributed by atoms with Gasteiger partial charge in [0.25, 0.3) is 5.91 Å². The third-order valence-corrected chi connectivity index (χ3v) is 4.35. The van der Waals surface area contributed by atoms with Gasteiger partial charge in [-0.15, -0.1) is 11.3 Å². The van der Waals surface area contributed by atoms with Gasteiger partial charge in [0.15, 0.2) is 0 Å². The number of aliphatic hydroxyl groups excluding tert-OH is 1. The van der Waals surface area contributed by atoms with Gasteiger partial charge in [-0.25, -0.2) is 0 Å². The Hall–Kier alpha value is -0.870. The van der Waals surface area contributed by atoms with Crippen LogP contribution in [0.25, 0.3) is 0 Å². The lowest BCUT2D eigenvalue weighted by atomic mass is 10.1. The predicted octanol–water partition coefficient (Wildman–Crippen LogP) is 2.21. The SMILES string of the molecule is Cc1cc(C(=O)N2CCC(CCO)C2)c(C)s1. The van der Waals surface area contributed by atoms with Gasteiger partial charge in [-0.2, -0.15) is 0 Å². The van der Waals surface area contributed by atoms with Gasteiger partial charge in [0.05, 0.1) is 5.56 Å². The number of amides is 1. The summed E-state index contributed by atoms with van der Waals surface area (Å²) in [6.45, 7) is 5.90. The van der Waals surface area contributed by atoms with Crippen LogP contribution in [0.3, 0.4) is 0 Å². The number of aryl methyl sites for hydroxylation is 2. The molecule has 0 spiro atoms. The van der Waals surface area contributed by atoms with Gasteiger partial charge >= 0.3 is 0 Å². The lowest BCUT2D eigenvalue weighted by molar-refractivity contribution is 0.0784. The summed E-state index contributed by atoms with van der Waals surface area (Å²) in [4.78, 5) is 16.5. The molecule has 0 aliphatic carbocycles.